The van der Waals surface area contributed by atoms with E-state index < -0.39 is 10.8 Å². The average Bonchev–Trinajstić information content (AvgIpc) is 2.04. The Labute approximate surface area is 76.1 Å². The predicted octanol–water partition coefficient (Wildman–Crippen LogP) is -0.427. The van der Waals surface area contributed by atoms with Gasteiger partial charge in [0.15, 0.2) is 6.29 Å². The molecule has 0 bridgehead atoms. The number of ether oxygens (including phenoxy) is 2. The van der Waals surface area contributed by atoms with Gasteiger partial charge in [-0.05, 0) is 0 Å². The van der Waals surface area contributed by atoms with Crippen LogP contribution in [0.4, 0.5) is 0 Å². The van der Waals surface area contributed by atoms with Crippen LogP contribution in [0.2, 0.25) is 0 Å². The predicted molar refractivity (Wildman–Crippen MR) is 49.6 cm³/mol. The Morgan fingerprint density at radius 2 is 2.00 bits per heavy atom. The van der Waals surface area contributed by atoms with Crippen molar-refractivity contribution in [2.75, 3.05) is 39.3 Å². The first-order valence-electron chi connectivity index (χ1n) is 3.77. The summed E-state index contributed by atoms with van der Waals surface area (Å²) < 4.78 is 20.5. The summed E-state index contributed by atoms with van der Waals surface area (Å²) in [7, 11) is 2.45. The molecule has 5 heteroatoms. The zero-order valence-electron chi connectivity index (χ0n) is 7.83. The molecule has 0 radical (unpaired) electrons. The topological polar surface area (TPSA) is 47.6 Å². The lowest BCUT2D eigenvalue weighted by molar-refractivity contribution is -0.0984. The Kier molecular flexibility index (Phi) is 7.69. The Hall–Kier alpha value is 0.0300. The molecule has 0 aliphatic rings. The molecule has 0 rings (SSSR count). The third-order valence-corrected chi connectivity index (χ3v) is 2.18. The van der Waals surface area contributed by atoms with Gasteiger partial charge in [-0.3, -0.25) is 4.21 Å². The van der Waals surface area contributed by atoms with Gasteiger partial charge >= 0.3 is 0 Å². The van der Waals surface area contributed by atoms with Gasteiger partial charge in [0.2, 0.25) is 0 Å². The van der Waals surface area contributed by atoms with Crippen LogP contribution in [-0.4, -0.2) is 49.8 Å². The summed E-state index contributed by atoms with van der Waals surface area (Å²) in [5.41, 5.74) is 0. The lowest BCUT2D eigenvalue weighted by Gasteiger charge is -2.13. The monoisotopic (exact) mass is 195 g/mol. The van der Waals surface area contributed by atoms with E-state index in [2.05, 4.69) is 5.32 Å². The van der Waals surface area contributed by atoms with Crippen molar-refractivity contribution in [3.63, 3.8) is 0 Å². The molecule has 0 saturated carbocycles. The van der Waals surface area contributed by atoms with Crippen molar-refractivity contribution in [2.45, 2.75) is 6.29 Å². The molecule has 0 aliphatic carbocycles. The van der Waals surface area contributed by atoms with E-state index >= 15 is 0 Å². The van der Waals surface area contributed by atoms with Gasteiger partial charge in [-0.25, -0.2) is 0 Å². The molecule has 1 atom stereocenters. The van der Waals surface area contributed by atoms with Gasteiger partial charge in [0.1, 0.15) is 0 Å². The highest BCUT2D eigenvalue weighted by atomic mass is 32.2. The Balaban J connectivity index is 3.23. The molecule has 0 heterocycles. The largest absolute Gasteiger partial charge is 0.355 e. The molecule has 0 aromatic rings. The van der Waals surface area contributed by atoms with E-state index in [1.54, 1.807) is 20.5 Å². The molecule has 0 amide bonds. The summed E-state index contributed by atoms with van der Waals surface area (Å²) in [6.07, 6.45) is 1.47. The highest BCUT2D eigenvalue weighted by Crippen LogP contribution is 1.86. The van der Waals surface area contributed by atoms with Crippen molar-refractivity contribution in [2.24, 2.45) is 0 Å². The average molecular weight is 195 g/mol. The van der Waals surface area contributed by atoms with Gasteiger partial charge in [-0.1, -0.05) is 0 Å². The first-order valence-corrected chi connectivity index (χ1v) is 5.49. The third kappa shape index (κ3) is 6.72. The van der Waals surface area contributed by atoms with E-state index in [1.807, 2.05) is 0 Å². The summed E-state index contributed by atoms with van der Waals surface area (Å²) in [5.74, 6) is 0.667. The summed E-state index contributed by atoms with van der Waals surface area (Å²) in [5, 5.41) is 3.08. The molecule has 0 spiro atoms. The van der Waals surface area contributed by atoms with Gasteiger partial charge in [-0.2, -0.15) is 0 Å². The molecular formula is C7H17NO3S. The Morgan fingerprint density at radius 1 is 1.42 bits per heavy atom. The second-order valence-electron chi connectivity index (χ2n) is 2.38. The number of methoxy groups -OCH3 is 2. The van der Waals surface area contributed by atoms with E-state index in [0.29, 0.717) is 12.3 Å². The molecule has 0 aromatic carbocycles. The van der Waals surface area contributed by atoms with Crippen LogP contribution in [0.3, 0.4) is 0 Å². The number of hydrogen-bond donors (Lipinski definition) is 1. The van der Waals surface area contributed by atoms with Gasteiger partial charge in [0, 0.05) is 50.1 Å². The third-order valence-electron chi connectivity index (χ3n) is 1.40. The van der Waals surface area contributed by atoms with E-state index in [4.69, 9.17) is 9.47 Å². The van der Waals surface area contributed by atoms with Crippen molar-refractivity contribution >= 4 is 10.8 Å². The fourth-order valence-corrected chi connectivity index (χ4v) is 1.13. The SMILES string of the molecule is COC(CNCCS(C)=O)OC. The van der Waals surface area contributed by atoms with Crippen molar-refractivity contribution in [3.8, 4) is 0 Å². The van der Waals surface area contributed by atoms with E-state index in [1.165, 1.54) is 0 Å². The van der Waals surface area contributed by atoms with Gasteiger partial charge in [0.25, 0.3) is 0 Å². The van der Waals surface area contributed by atoms with Crippen LogP contribution < -0.4 is 5.32 Å². The number of hydrogen-bond acceptors (Lipinski definition) is 4. The van der Waals surface area contributed by atoms with E-state index in [0.717, 1.165) is 6.54 Å². The maximum absolute atomic E-state index is 10.6. The molecule has 1 N–H and O–H groups in total. The lowest BCUT2D eigenvalue weighted by Crippen LogP contribution is -2.32. The highest BCUT2D eigenvalue weighted by molar-refractivity contribution is 7.84. The smallest absolute Gasteiger partial charge is 0.169 e. The van der Waals surface area contributed by atoms with Crippen molar-refractivity contribution in [3.05, 3.63) is 0 Å². The van der Waals surface area contributed by atoms with Crippen LogP contribution >= 0.6 is 0 Å². The second kappa shape index (κ2) is 7.67. The van der Waals surface area contributed by atoms with E-state index in [-0.39, 0.29) is 6.29 Å². The molecule has 74 valence electrons. The summed E-state index contributed by atoms with van der Waals surface area (Å²) >= 11 is 0. The summed E-state index contributed by atoms with van der Waals surface area (Å²) in [6.45, 7) is 1.36. The molecule has 12 heavy (non-hydrogen) atoms. The van der Waals surface area contributed by atoms with E-state index in [9.17, 15) is 4.21 Å². The van der Waals surface area contributed by atoms with Gasteiger partial charge in [-0.15, -0.1) is 0 Å². The Bertz CT molecular complexity index is 128. The molecule has 0 saturated heterocycles. The van der Waals surface area contributed by atoms with Crippen LogP contribution in [0.1, 0.15) is 0 Å². The fraction of sp³-hybridized carbons (Fsp3) is 1.00. The van der Waals surface area contributed by atoms with Crippen LogP contribution in [0.5, 0.6) is 0 Å². The minimum Gasteiger partial charge on any atom is -0.355 e. The minimum atomic E-state index is -0.728. The zero-order valence-corrected chi connectivity index (χ0v) is 8.65. The Morgan fingerprint density at radius 3 is 2.42 bits per heavy atom. The fourth-order valence-electron chi connectivity index (χ4n) is 0.699. The molecule has 4 nitrogen and oxygen atoms in total. The van der Waals surface area contributed by atoms with Gasteiger partial charge < -0.3 is 14.8 Å². The highest BCUT2D eigenvalue weighted by Gasteiger charge is 2.02. The van der Waals surface area contributed by atoms with Crippen molar-refractivity contribution in [1.29, 1.82) is 0 Å². The number of nitrogens with one attached hydrogen (secondary N) is 1. The maximum atomic E-state index is 10.6. The standard InChI is InChI=1S/C7H17NO3S/c1-10-7(11-2)6-8-4-5-12(3)9/h7-8H,4-6H2,1-3H3. The van der Waals surface area contributed by atoms with Crippen LogP contribution in [0.25, 0.3) is 0 Å². The lowest BCUT2D eigenvalue weighted by atomic mass is 10.6. The quantitative estimate of drug-likeness (QED) is 0.442. The zero-order chi connectivity index (χ0) is 9.40. The van der Waals surface area contributed by atoms with Crippen LogP contribution in [-0.2, 0) is 20.3 Å². The molecular weight excluding hydrogens is 178 g/mol. The molecule has 0 fully saturated rings. The van der Waals surface area contributed by atoms with Gasteiger partial charge in [0.05, 0.1) is 0 Å². The van der Waals surface area contributed by atoms with Crippen LogP contribution in [0, 0.1) is 0 Å². The first-order chi connectivity index (χ1) is 5.70. The number of rotatable bonds is 7. The second-order valence-corrected chi connectivity index (χ2v) is 3.94. The van der Waals surface area contributed by atoms with Crippen molar-refractivity contribution < 1.29 is 13.7 Å². The summed E-state index contributed by atoms with van der Waals surface area (Å²) in [6, 6.07) is 0. The first kappa shape index (κ1) is 12.0. The van der Waals surface area contributed by atoms with Crippen LogP contribution in [0.15, 0.2) is 0 Å². The normalized spacial score (nSPS) is 13.7. The summed E-state index contributed by atoms with van der Waals surface area (Å²) in [4.78, 5) is 0. The van der Waals surface area contributed by atoms with Crippen molar-refractivity contribution in [1.82, 2.24) is 5.32 Å². The molecule has 0 aliphatic heterocycles. The molecule has 0 aromatic heterocycles. The molecule has 1 unspecified atom stereocenters. The maximum Gasteiger partial charge on any atom is 0.169 e. The minimum absolute atomic E-state index is 0.213.